The standard InChI is InChI=1S/C23H19NO4S/c25-17-10-8-16(9-11-17)20-19(21(26)18-7-4-14-29-18)22(27)23(28)24(20)13-12-15-5-2-1-3-6-15/h1-11,14,20,25,27H,12-13H2. The number of aliphatic hydroxyl groups is 1. The Balaban J connectivity index is 1.71. The van der Waals surface area contributed by atoms with E-state index in [1.807, 2.05) is 30.3 Å². The highest BCUT2D eigenvalue weighted by atomic mass is 32.1. The highest BCUT2D eigenvalue weighted by Gasteiger charge is 2.43. The minimum atomic E-state index is -0.707. The van der Waals surface area contributed by atoms with Crippen molar-refractivity contribution in [1.29, 1.82) is 0 Å². The largest absolute Gasteiger partial charge is 0.508 e. The lowest BCUT2D eigenvalue weighted by atomic mass is 9.95. The maximum absolute atomic E-state index is 13.1. The minimum absolute atomic E-state index is 0.0798. The predicted octanol–water partition coefficient (Wildman–Crippen LogP) is 4.27. The van der Waals surface area contributed by atoms with Crippen molar-refractivity contribution in [1.82, 2.24) is 4.90 Å². The molecule has 1 aliphatic heterocycles. The third-order valence-electron chi connectivity index (χ3n) is 4.99. The lowest BCUT2D eigenvalue weighted by Crippen LogP contribution is -2.33. The van der Waals surface area contributed by atoms with Crippen molar-refractivity contribution in [3.8, 4) is 5.75 Å². The summed E-state index contributed by atoms with van der Waals surface area (Å²) in [6.45, 7) is 0.347. The number of aromatic hydroxyl groups is 1. The molecule has 2 heterocycles. The Morgan fingerprint density at radius 2 is 1.69 bits per heavy atom. The zero-order valence-corrected chi connectivity index (χ0v) is 16.3. The Morgan fingerprint density at radius 1 is 0.966 bits per heavy atom. The smallest absolute Gasteiger partial charge is 0.290 e. The summed E-state index contributed by atoms with van der Waals surface area (Å²) in [5.41, 5.74) is 1.80. The number of amides is 1. The first kappa shape index (κ1) is 19.0. The molecule has 0 saturated heterocycles. The monoisotopic (exact) mass is 405 g/mol. The molecule has 5 nitrogen and oxygen atoms in total. The van der Waals surface area contributed by atoms with Gasteiger partial charge in [0.1, 0.15) is 5.75 Å². The highest BCUT2D eigenvalue weighted by Crippen LogP contribution is 2.39. The first-order valence-electron chi connectivity index (χ1n) is 9.21. The van der Waals surface area contributed by atoms with E-state index in [2.05, 4.69) is 0 Å². The van der Waals surface area contributed by atoms with Crippen molar-refractivity contribution >= 4 is 23.0 Å². The van der Waals surface area contributed by atoms with Crippen LogP contribution in [0.4, 0.5) is 0 Å². The number of aliphatic hydroxyl groups excluding tert-OH is 1. The van der Waals surface area contributed by atoms with Gasteiger partial charge in [-0.1, -0.05) is 48.5 Å². The molecule has 0 saturated carbocycles. The van der Waals surface area contributed by atoms with Crippen LogP contribution in [0, 0.1) is 0 Å². The first-order chi connectivity index (χ1) is 14.1. The molecule has 2 N–H and O–H groups in total. The lowest BCUT2D eigenvalue weighted by molar-refractivity contribution is -0.129. The van der Waals surface area contributed by atoms with Crippen LogP contribution in [0.1, 0.15) is 26.8 Å². The maximum atomic E-state index is 13.1. The zero-order valence-electron chi connectivity index (χ0n) is 15.5. The normalized spacial score (nSPS) is 16.5. The van der Waals surface area contributed by atoms with E-state index < -0.39 is 17.7 Å². The fourth-order valence-corrected chi connectivity index (χ4v) is 4.23. The number of hydrogen-bond acceptors (Lipinski definition) is 5. The van der Waals surface area contributed by atoms with Crippen molar-refractivity contribution in [2.75, 3.05) is 6.54 Å². The number of rotatable bonds is 6. The molecular weight excluding hydrogens is 386 g/mol. The fourth-order valence-electron chi connectivity index (χ4n) is 3.55. The van der Waals surface area contributed by atoms with Gasteiger partial charge < -0.3 is 15.1 Å². The van der Waals surface area contributed by atoms with Crippen LogP contribution in [0.3, 0.4) is 0 Å². The number of phenols is 1. The van der Waals surface area contributed by atoms with Gasteiger partial charge in [0, 0.05) is 6.54 Å². The van der Waals surface area contributed by atoms with E-state index in [-0.39, 0.29) is 17.1 Å². The third-order valence-corrected chi connectivity index (χ3v) is 5.85. The Bertz CT molecular complexity index is 1060. The topological polar surface area (TPSA) is 77.8 Å². The molecule has 0 bridgehead atoms. The maximum Gasteiger partial charge on any atom is 0.290 e. The van der Waals surface area contributed by atoms with E-state index in [9.17, 15) is 19.8 Å². The molecule has 1 amide bonds. The summed E-state index contributed by atoms with van der Waals surface area (Å²) in [5, 5.41) is 22.0. The molecule has 1 unspecified atom stereocenters. The average molecular weight is 405 g/mol. The number of hydrogen-bond donors (Lipinski definition) is 2. The van der Waals surface area contributed by atoms with Gasteiger partial charge in [-0.15, -0.1) is 11.3 Å². The molecule has 2 aromatic carbocycles. The fraction of sp³-hybridized carbons (Fsp3) is 0.130. The van der Waals surface area contributed by atoms with Crippen LogP contribution in [-0.2, 0) is 11.2 Å². The summed E-state index contributed by atoms with van der Waals surface area (Å²) in [7, 11) is 0. The average Bonchev–Trinajstić information content (AvgIpc) is 3.36. The van der Waals surface area contributed by atoms with Crippen LogP contribution >= 0.6 is 11.3 Å². The molecule has 1 aliphatic rings. The number of carbonyl (C=O) groups is 2. The minimum Gasteiger partial charge on any atom is -0.508 e. The van der Waals surface area contributed by atoms with Gasteiger partial charge in [-0.05, 0) is 41.1 Å². The van der Waals surface area contributed by atoms with E-state index >= 15 is 0 Å². The molecule has 1 aromatic heterocycles. The van der Waals surface area contributed by atoms with Crippen LogP contribution in [0.25, 0.3) is 0 Å². The summed E-state index contributed by atoms with van der Waals surface area (Å²) in [5.74, 6) is -1.33. The van der Waals surface area contributed by atoms with Gasteiger partial charge in [0.05, 0.1) is 16.5 Å². The van der Waals surface area contributed by atoms with Gasteiger partial charge in [0.15, 0.2) is 5.76 Å². The Hall–Kier alpha value is -3.38. The molecule has 0 fully saturated rings. The Morgan fingerprint density at radius 3 is 2.34 bits per heavy atom. The van der Waals surface area contributed by atoms with Crippen molar-refractivity contribution in [3.05, 3.63) is 99.4 Å². The van der Waals surface area contributed by atoms with Gasteiger partial charge in [0.25, 0.3) is 5.91 Å². The van der Waals surface area contributed by atoms with E-state index in [1.54, 1.807) is 29.6 Å². The second-order valence-corrected chi connectivity index (χ2v) is 7.74. The van der Waals surface area contributed by atoms with E-state index in [4.69, 9.17) is 0 Å². The third kappa shape index (κ3) is 3.67. The number of thiophene rings is 1. The molecule has 1 atom stereocenters. The molecular formula is C23H19NO4S. The van der Waals surface area contributed by atoms with E-state index in [0.29, 0.717) is 23.4 Å². The van der Waals surface area contributed by atoms with Crippen molar-refractivity contribution in [3.63, 3.8) is 0 Å². The van der Waals surface area contributed by atoms with Crippen LogP contribution in [0.5, 0.6) is 5.75 Å². The molecule has 0 spiro atoms. The molecule has 146 valence electrons. The summed E-state index contributed by atoms with van der Waals surface area (Å²) in [4.78, 5) is 28.0. The van der Waals surface area contributed by atoms with Crippen LogP contribution < -0.4 is 0 Å². The quantitative estimate of drug-likeness (QED) is 0.600. The summed E-state index contributed by atoms with van der Waals surface area (Å²) < 4.78 is 0. The van der Waals surface area contributed by atoms with Crippen LogP contribution in [0.2, 0.25) is 0 Å². The van der Waals surface area contributed by atoms with Crippen molar-refractivity contribution in [2.24, 2.45) is 0 Å². The molecule has 0 radical (unpaired) electrons. The summed E-state index contributed by atoms with van der Waals surface area (Å²) in [6, 6.07) is 18.8. The first-order valence-corrected chi connectivity index (χ1v) is 10.1. The van der Waals surface area contributed by atoms with Gasteiger partial charge in [-0.25, -0.2) is 0 Å². The van der Waals surface area contributed by atoms with Gasteiger partial charge in [-0.3, -0.25) is 9.59 Å². The number of nitrogens with zero attached hydrogens (tertiary/aromatic N) is 1. The summed E-state index contributed by atoms with van der Waals surface area (Å²) in [6.07, 6.45) is 0.592. The highest BCUT2D eigenvalue weighted by molar-refractivity contribution is 7.12. The van der Waals surface area contributed by atoms with Crippen molar-refractivity contribution in [2.45, 2.75) is 12.5 Å². The summed E-state index contributed by atoms with van der Waals surface area (Å²) >= 11 is 1.27. The Kier molecular flexibility index (Phi) is 5.18. The number of phenolic OH excluding ortho intramolecular Hbond substituents is 1. The van der Waals surface area contributed by atoms with Gasteiger partial charge >= 0.3 is 0 Å². The van der Waals surface area contributed by atoms with Crippen molar-refractivity contribution < 1.29 is 19.8 Å². The SMILES string of the molecule is O=C(C1=C(O)C(=O)N(CCc2ccccc2)C1c1ccc(O)cc1)c1cccs1. The zero-order chi connectivity index (χ0) is 20.4. The van der Waals surface area contributed by atoms with E-state index in [0.717, 1.165) is 5.56 Å². The second-order valence-electron chi connectivity index (χ2n) is 6.80. The number of benzene rings is 2. The molecule has 29 heavy (non-hydrogen) atoms. The lowest BCUT2D eigenvalue weighted by Gasteiger charge is -2.27. The molecule has 0 aliphatic carbocycles. The molecule has 6 heteroatoms. The van der Waals surface area contributed by atoms with Crippen LogP contribution in [0.15, 0.2) is 83.4 Å². The van der Waals surface area contributed by atoms with Crippen LogP contribution in [-0.4, -0.2) is 33.3 Å². The van der Waals surface area contributed by atoms with Gasteiger partial charge in [0.2, 0.25) is 5.78 Å². The second kappa shape index (κ2) is 7.93. The molecule has 3 aromatic rings. The Labute approximate surface area is 172 Å². The van der Waals surface area contributed by atoms with E-state index in [1.165, 1.54) is 28.4 Å². The number of carbonyl (C=O) groups excluding carboxylic acids is 2. The number of Topliss-reactive ketones (excluding diaryl/α,β-unsaturated/α-hetero) is 1. The van der Waals surface area contributed by atoms with Gasteiger partial charge in [-0.2, -0.15) is 0 Å². The molecule has 4 rings (SSSR count). The predicted molar refractivity (Wildman–Crippen MR) is 111 cm³/mol. The number of ketones is 1.